The van der Waals surface area contributed by atoms with E-state index < -0.39 is 0 Å². The number of aromatic amines is 1. The molecule has 2 N–H and O–H groups in total. The highest BCUT2D eigenvalue weighted by molar-refractivity contribution is 5.97. The van der Waals surface area contributed by atoms with E-state index in [1.54, 1.807) is 25.5 Å². The van der Waals surface area contributed by atoms with Crippen molar-refractivity contribution in [3.8, 4) is 6.19 Å². The van der Waals surface area contributed by atoms with Crippen LogP contribution in [0.5, 0.6) is 0 Å². The van der Waals surface area contributed by atoms with Crippen molar-refractivity contribution < 1.29 is 0 Å². The number of hydrogen-bond donors (Lipinski definition) is 2. The van der Waals surface area contributed by atoms with Crippen LogP contribution in [0.25, 0.3) is 0 Å². The van der Waals surface area contributed by atoms with Crippen LogP contribution in [0.3, 0.4) is 0 Å². The number of amidine groups is 1. The third-order valence-corrected chi connectivity index (χ3v) is 1.14. The molecule has 1 heterocycles. The van der Waals surface area contributed by atoms with Gasteiger partial charge in [-0.25, -0.2) is 0 Å². The first kappa shape index (κ1) is 7.28. The number of hydrogen-bond acceptors (Lipinski definition) is 3. The second kappa shape index (κ2) is 3.37. The summed E-state index contributed by atoms with van der Waals surface area (Å²) in [5.74, 6) is 0.466. The van der Waals surface area contributed by atoms with Gasteiger partial charge in [0.25, 0.3) is 0 Å². The highest BCUT2D eigenvalue weighted by Crippen LogP contribution is 1.91. The summed E-state index contributed by atoms with van der Waals surface area (Å²) in [6, 6.07) is 1.73. The largest absolute Gasteiger partial charge is 0.285 e. The van der Waals surface area contributed by atoms with Crippen molar-refractivity contribution >= 4 is 5.84 Å². The van der Waals surface area contributed by atoms with Crippen molar-refractivity contribution in [2.75, 3.05) is 7.05 Å². The van der Waals surface area contributed by atoms with Gasteiger partial charge in [-0.1, -0.05) is 0 Å². The maximum absolute atomic E-state index is 8.29. The minimum Gasteiger partial charge on any atom is -0.285 e. The molecule has 0 radical (unpaired) electrons. The fourth-order valence-electron chi connectivity index (χ4n) is 0.680. The van der Waals surface area contributed by atoms with E-state index in [0.717, 1.165) is 0 Å². The van der Waals surface area contributed by atoms with Crippen LogP contribution in [-0.4, -0.2) is 23.1 Å². The van der Waals surface area contributed by atoms with E-state index in [2.05, 4.69) is 20.5 Å². The maximum atomic E-state index is 8.29. The summed E-state index contributed by atoms with van der Waals surface area (Å²) in [6.45, 7) is 0. The van der Waals surface area contributed by atoms with Gasteiger partial charge in [-0.05, 0) is 6.07 Å². The number of rotatable bonds is 1. The molecular formula is C6H7N5. The maximum Gasteiger partial charge on any atom is 0.182 e. The molecule has 5 nitrogen and oxygen atoms in total. The van der Waals surface area contributed by atoms with Crippen molar-refractivity contribution in [1.82, 2.24) is 15.5 Å². The van der Waals surface area contributed by atoms with Gasteiger partial charge in [0, 0.05) is 13.2 Å². The Hall–Kier alpha value is -1.83. The van der Waals surface area contributed by atoms with Gasteiger partial charge in [0.1, 0.15) is 5.69 Å². The molecule has 0 aliphatic carbocycles. The van der Waals surface area contributed by atoms with E-state index in [4.69, 9.17) is 5.26 Å². The van der Waals surface area contributed by atoms with Crippen molar-refractivity contribution in [3.05, 3.63) is 18.0 Å². The summed E-state index contributed by atoms with van der Waals surface area (Å²) < 4.78 is 0. The summed E-state index contributed by atoms with van der Waals surface area (Å²) in [5, 5.41) is 17.2. The van der Waals surface area contributed by atoms with Crippen molar-refractivity contribution in [2.24, 2.45) is 4.99 Å². The van der Waals surface area contributed by atoms with Crippen LogP contribution in [0.15, 0.2) is 17.3 Å². The number of aliphatic imine (C=N–C) groups is 1. The lowest BCUT2D eigenvalue weighted by Crippen LogP contribution is -2.19. The molecule has 56 valence electrons. The number of aromatic nitrogens is 2. The summed E-state index contributed by atoms with van der Waals surface area (Å²) >= 11 is 0. The number of nitrogens with zero attached hydrogens (tertiary/aromatic N) is 3. The normalized spacial score (nSPS) is 10.7. The molecule has 0 atom stereocenters. The number of nitriles is 1. The Labute approximate surface area is 63.8 Å². The summed E-state index contributed by atoms with van der Waals surface area (Å²) in [6.07, 6.45) is 3.44. The van der Waals surface area contributed by atoms with Crippen LogP contribution in [-0.2, 0) is 0 Å². The Morgan fingerprint density at radius 3 is 3.18 bits per heavy atom. The molecule has 0 amide bonds. The topological polar surface area (TPSA) is 76.9 Å². The molecule has 11 heavy (non-hydrogen) atoms. The molecule has 0 saturated heterocycles. The lowest BCUT2D eigenvalue weighted by atomic mass is 10.4. The van der Waals surface area contributed by atoms with Gasteiger partial charge < -0.3 is 0 Å². The van der Waals surface area contributed by atoms with E-state index in [1.165, 1.54) is 0 Å². The summed E-state index contributed by atoms with van der Waals surface area (Å²) in [5.41, 5.74) is 0.633. The molecule has 5 heteroatoms. The smallest absolute Gasteiger partial charge is 0.182 e. The van der Waals surface area contributed by atoms with Crippen LogP contribution in [0.4, 0.5) is 0 Å². The lowest BCUT2D eigenvalue weighted by Gasteiger charge is -1.94. The fourth-order valence-corrected chi connectivity index (χ4v) is 0.680. The molecular weight excluding hydrogens is 142 g/mol. The van der Waals surface area contributed by atoms with Gasteiger partial charge >= 0.3 is 0 Å². The van der Waals surface area contributed by atoms with E-state index in [-0.39, 0.29) is 0 Å². The van der Waals surface area contributed by atoms with Gasteiger partial charge in [-0.15, -0.1) is 0 Å². The summed E-state index contributed by atoms with van der Waals surface area (Å²) in [4.78, 5) is 3.82. The molecule has 0 saturated carbocycles. The Morgan fingerprint density at radius 2 is 2.73 bits per heavy atom. The molecule has 0 aliphatic rings. The quantitative estimate of drug-likeness (QED) is 0.252. The minimum atomic E-state index is 0.466. The van der Waals surface area contributed by atoms with Gasteiger partial charge in [-0.3, -0.25) is 15.4 Å². The Bertz CT molecular complexity index is 278. The Balaban J connectivity index is 2.83. The zero-order chi connectivity index (χ0) is 8.10. The predicted molar refractivity (Wildman–Crippen MR) is 39.8 cm³/mol. The first-order valence-corrected chi connectivity index (χ1v) is 3.00. The van der Waals surface area contributed by atoms with Gasteiger partial charge in [0.15, 0.2) is 12.0 Å². The SMILES string of the molecule is CN=C(NC#N)c1cc[nH]n1. The first-order valence-electron chi connectivity index (χ1n) is 3.00. The average Bonchev–Trinajstić information content (AvgIpc) is 2.52. The fraction of sp³-hybridized carbons (Fsp3) is 0.167. The highest BCUT2D eigenvalue weighted by Gasteiger charge is 2.01. The highest BCUT2D eigenvalue weighted by atomic mass is 15.1. The number of nitrogens with one attached hydrogen (secondary N) is 2. The second-order valence-electron chi connectivity index (χ2n) is 1.77. The van der Waals surface area contributed by atoms with Crippen LogP contribution in [0, 0.1) is 11.5 Å². The molecule has 0 aliphatic heterocycles. The van der Waals surface area contributed by atoms with Crippen LogP contribution in [0.2, 0.25) is 0 Å². The third-order valence-electron chi connectivity index (χ3n) is 1.14. The standard InChI is InChI=1S/C6H7N5/c1-8-6(9-4-7)5-2-3-10-11-5/h2-3H,1H3,(H,8,9)(H,10,11). The van der Waals surface area contributed by atoms with Crippen LogP contribution in [0.1, 0.15) is 5.69 Å². The van der Waals surface area contributed by atoms with Gasteiger partial charge in [0.05, 0.1) is 0 Å². The molecule has 0 bridgehead atoms. The van der Waals surface area contributed by atoms with E-state index in [0.29, 0.717) is 11.5 Å². The van der Waals surface area contributed by atoms with E-state index in [1.807, 2.05) is 0 Å². The summed E-state index contributed by atoms with van der Waals surface area (Å²) in [7, 11) is 1.59. The minimum absolute atomic E-state index is 0.466. The van der Waals surface area contributed by atoms with Crippen molar-refractivity contribution in [1.29, 1.82) is 5.26 Å². The zero-order valence-electron chi connectivity index (χ0n) is 6.00. The molecule has 0 fully saturated rings. The van der Waals surface area contributed by atoms with E-state index in [9.17, 15) is 0 Å². The van der Waals surface area contributed by atoms with Crippen molar-refractivity contribution in [3.63, 3.8) is 0 Å². The average molecular weight is 149 g/mol. The molecule has 0 unspecified atom stereocenters. The van der Waals surface area contributed by atoms with Crippen LogP contribution >= 0.6 is 0 Å². The molecule has 0 spiro atoms. The Kier molecular flexibility index (Phi) is 2.23. The second-order valence-corrected chi connectivity index (χ2v) is 1.77. The van der Waals surface area contributed by atoms with Crippen LogP contribution < -0.4 is 5.32 Å². The molecule has 1 rings (SSSR count). The van der Waals surface area contributed by atoms with Gasteiger partial charge in [-0.2, -0.15) is 10.4 Å². The molecule has 0 aromatic carbocycles. The molecule has 1 aromatic heterocycles. The third kappa shape index (κ3) is 1.55. The lowest BCUT2D eigenvalue weighted by molar-refractivity contribution is 1.06. The molecule has 1 aromatic rings. The monoisotopic (exact) mass is 149 g/mol. The first-order chi connectivity index (χ1) is 5.38. The van der Waals surface area contributed by atoms with Gasteiger partial charge in [0.2, 0.25) is 0 Å². The Morgan fingerprint density at radius 1 is 1.91 bits per heavy atom. The van der Waals surface area contributed by atoms with E-state index >= 15 is 0 Å². The zero-order valence-corrected chi connectivity index (χ0v) is 6.00. The number of H-pyrrole nitrogens is 1. The predicted octanol–water partition coefficient (Wildman–Crippen LogP) is -0.143. The van der Waals surface area contributed by atoms with Crippen molar-refractivity contribution in [2.45, 2.75) is 0 Å².